The van der Waals surface area contributed by atoms with Crippen molar-refractivity contribution in [3.05, 3.63) is 42.2 Å². The van der Waals surface area contributed by atoms with Gasteiger partial charge in [-0.2, -0.15) is 0 Å². The SMILES string of the molecule is CSc1ncc(Sc2ccc(C)cc2)cn1. The van der Waals surface area contributed by atoms with Crippen LogP contribution in [-0.2, 0) is 0 Å². The maximum Gasteiger partial charge on any atom is 0.187 e. The van der Waals surface area contributed by atoms with E-state index < -0.39 is 0 Å². The third-order valence-corrected chi connectivity index (χ3v) is 3.57. The number of aryl methyl sites for hydroxylation is 1. The third kappa shape index (κ3) is 3.00. The van der Waals surface area contributed by atoms with Gasteiger partial charge in [0.15, 0.2) is 5.16 Å². The van der Waals surface area contributed by atoms with Gasteiger partial charge < -0.3 is 0 Å². The fraction of sp³-hybridized carbons (Fsp3) is 0.167. The van der Waals surface area contributed by atoms with Crippen LogP contribution < -0.4 is 0 Å². The maximum absolute atomic E-state index is 4.24. The molecular formula is C12H12N2S2. The summed E-state index contributed by atoms with van der Waals surface area (Å²) in [6.07, 6.45) is 5.70. The lowest BCUT2D eigenvalue weighted by Gasteiger charge is -2.01. The Morgan fingerprint density at radius 3 is 2.12 bits per heavy atom. The Kier molecular flexibility index (Phi) is 3.85. The molecule has 0 radical (unpaired) electrons. The highest BCUT2D eigenvalue weighted by Crippen LogP contribution is 2.26. The first kappa shape index (κ1) is 11.5. The lowest BCUT2D eigenvalue weighted by Crippen LogP contribution is -1.84. The van der Waals surface area contributed by atoms with E-state index in [1.54, 1.807) is 23.5 Å². The van der Waals surface area contributed by atoms with E-state index in [1.165, 1.54) is 10.5 Å². The number of hydrogen-bond acceptors (Lipinski definition) is 4. The van der Waals surface area contributed by atoms with Gasteiger partial charge in [0, 0.05) is 22.2 Å². The first-order valence-corrected chi connectivity index (χ1v) is 6.92. The van der Waals surface area contributed by atoms with Crippen molar-refractivity contribution in [1.29, 1.82) is 0 Å². The van der Waals surface area contributed by atoms with E-state index in [-0.39, 0.29) is 0 Å². The molecule has 0 aliphatic rings. The molecule has 16 heavy (non-hydrogen) atoms. The van der Waals surface area contributed by atoms with Crippen LogP contribution in [0.1, 0.15) is 5.56 Å². The summed E-state index contributed by atoms with van der Waals surface area (Å²) in [4.78, 5) is 10.8. The summed E-state index contributed by atoms with van der Waals surface area (Å²) in [6, 6.07) is 8.45. The quantitative estimate of drug-likeness (QED) is 0.611. The average Bonchev–Trinajstić information content (AvgIpc) is 2.33. The molecule has 2 nitrogen and oxygen atoms in total. The van der Waals surface area contributed by atoms with E-state index in [1.807, 2.05) is 18.6 Å². The van der Waals surface area contributed by atoms with Crippen LogP contribution in [0.5, 0.6) is 0 Å². The molecule has 0 atom stereocenters. The highest BCUT2D eigenvalue weighted by molar-refractivity contribution is 7.99. The van der Waals surface area contributed by atoms with Crippen LogP contribution in [0.2, 0.25) is 0 Å². The standard InChI is InChI=1S/C12H12N2S2/c1-9-3-5-10(6-4-9)16-11-7-13-12(15-2)14-8-11/h3-8H,1-2H3. The number of aromatic nitrogens is 2. The summed E-state index contributed by atoms with van der Waals surface area (Å²) in [5, 5.41) is 0.813. The van der Waals surface area contributed by atoms with Crippen LogP contribution in [0.15, 0.2) is 51.6 Å². The van der Waals surface area contributed by atoms with Gasteiger partial charge in [0.1, 0.15) is 0 Å². The second-order valence-corrected chi connectivity index (χ2v) is 5.24. The van der Waals surface area contributed by atoms with Crippen molar-refractivity contribution in [1.82, 2.24) is 9.97 Å². The van der Waals surface area contributed by atoms with E-state index in [9.17, 15) is 0 Å². The third-order valence-electron chi connectivity index (χ3n) is 2.04. The average molecular weight is 248 g/mol. The number of benzene rings is 1. The zero-order chi connectivity index (χ0) is 11.4. The van der Waals surface area contributed by atoms with Gasteiger partial charge in [-0.15, -0.1) is 0 Å². The van der Waals surface area contributed by atoms with Gasteiger partial charge in [-0.05, 0) is 25.3 Å². The largest absolute Gasteiger partial charge is 0.230 e. The molecule has 0 unspecified atom stereocenters. The Morgan fingerprint density at radius 1 is 0.938 bits per heavy atom. The van der Waals surface area contributed by atoms with Crippen LogP contribution >= 0.6 is 23.5 Å². The van der Waals surface area contributed by atoms with Gasteiger partial charge in [-0.1, -0.05) is 41.2 Å². The molecule has 0 spiro atoms. The molecule has 0 aliphatic heterocycles. The molecule has 1 aromatic carbocycles. The fourth-order valence-corrected chi connectivity index (χ4v) is 2.28. The smallest absolute Gasteiger partial charge is 0.187 e. The Morgan fingerprint density at radius 2 is 1.56 bits per heavy atom. The van der Waals surface area contributed by atoms with E-state index in [0.717, 1.165) is 10.1 Å². The number of thioether (sulfide) groups is 1. The molecule has 2 aromatic rings. The minimum Gasteiger partial charge on any atom is -0.230 e. The van der Waals surface area contributed by atoms with Gasteiger partial charge in [0.25, 0.3) is 0 Å². The Hall–Kier alpha value is -1.00. The van der Waals surface area contributed by atoms with Gasteiger partial charge in [0.2, 0.25) is 0 Å². The topological polar surface area (TPSA) is 25.8 Å². The second kappa shape index (κ2) is 5.37. The molecule has 0 amide bonds. The molecule has 2 rings (SSSR count). The van der Waals surface area contributed by atoms with Gasteiger partial charge >= 0.3 is 0 Å². The monoisotopic (exact) mass is 248 g/mol. The molecule has 82 valence electrons. The molecular weight excluding hydrogens is 236 g/mol. The van der Waals surface area contributed by atoms with Crippen LogP contribution in [0.3, 0.4) is 0 Å². The summed E-state index contributed by atoms with van der Waals surface area (Å²) >= 11 is 3.24. The number of nitrogens with zero attached hydrogens (tertiary/aromatic N) is 2. The predicted octanol–water partition coefficient (Wildman–Crippen LogP) is 3.66. The van der Waals surface area contributed by atoms with Crippen molar-refractivity contribution in [3.63, 3.8) is 0 Å². The lowest BCUT2D eigenvalue weighted by atomic mass is 10.2. The zero-order valence-corrected chi connectivity index (χ0v) is 10.8. The van der Waals surface area contributed by atoms with Crippen LogP contribution in [0.25, 0.3) is 0 Å². The van der Waals surface area contributed by atoms with Crippen LogP contribution in [0.4, 0.5) is 0 Å². The molecule has 4 heteroatoms. The summed E-state index contributed by atoms with van der Waals surface area (Å²) in [5.41, 5.74) is 1.28. The second-order valence-electron chi connectivity index (χ2n) is 3.32. The highest BCUT2D eigenvalue weighted by atomic mass is 32.2. The Balaban J connectivity index is 2.11. The normalized spacial score (nSPS) is 10.4. The predicted molar refractivity (Wildman–Crippen MR) is 69.1 cm³/mol. The summed E-state index contributed by atoms with van der Waals surface area (Å²) in [5.74, 6) is 0. The molecule has 0 saturated carbocycles. The summed E-state index contributed by atoms with van der Waals surface area (Å²) in [7, 11) is 0. The van der Waals surface area contributed by atoms with Crippen molar-refractivity contribution in [2.24, 2.45) is 0 Å². The van der Waals surface area contributed by atoms with Crippen molar-refractivity contribution in [3.8, 4) is 0 Å². The van der Waals surface area contributed by atoms with Crippen molar-refractivity contribution < 1.29 is 0 Å². The summed E-state index contributed by atoms with van der Waals surface area (Å²) < 4.78 is 0. The molecule has 0 aliphatic carbocycles. The van der Waals surface area contributed by atoms with Gasteiger partial charge in [-0.25, -0.2) is 9.97 Å². The van der Waals surface area contributed by atoms with E-state index in [0.29, 0.717) is 0 Å². The van der Waals surface area contributed by atoms with Crippen molar-refractivity contribution >= 4 is 23.5 Å². The Bertz CT molecular complexity index is 451. The molecule has 1 aromatic heterocycles. The number of hydrogen-bond donors (Lipinski definition) is 0. The molecule has 0 fully saturated rings. The van der Waals surface area contributed by atoms with Crippen molar-refractivity contribution in [2.75, 3.05) is 6.26 Å². The van der Waals surface area contributed by atoms with E-state index >= 15 is 0 Å². The minimum atomic E-state index is 0.813. The fourth-order valence-electron chi connectivity index (χ4n) is 1.20. The van der Waals surface area contributed by atoms with Crippen LogP contribution in [-0.4, -0.2) is 16.2 Å². The Labute approximate surface area is 104 Å². The molecule has 0 saturated heterocycles. The first-order chi connectivity index (χ1) is 7.78. The maximum atomic E-state index is 4.24. The van der Waals surface area contributed by atoms with E-state index in [2.05, 4.69) is 41.2 Å². The summed E-state index contributed by atoms with van der Waals surface area (Å²) in [6.45, 7) is 2.09. The molecule has 1 heterocycles. The minimum absolute atomic E-state index is 0.813. The zero-order valence-electron chi connectivity index (χ0n) is 9.18. The van der Waals surface area contributed by atoms with Gasteiger partial charge in [0.05, 0.1) is 0 Å². The van der Waals surface area contributed by atoms with Gasteiger partial charge in [-0.3, -0.25) is 0 Å². The molecule has 0 bridgehead atoms. The number of rotatable bonds is 3. The first-order valence-electron chi connectivity index (χ1n) is 4.88. The molecule has 0 N–H and O–H groups in total. The van der Waals surface area contributed by atoms with Crippen molar-refractivity contribution in [2.45, 2.75) is 21.9 Å². The van der Waals surface area contributed by atoms with E-state index in [4.69, 9.17) is 0 Å². The highest BCUT2D eigenvalue weighted by Gasteiger charge is 1.99. The van der Waals surface area contributed by atoms with Crippen LogP contribution in [0, 0.1) is 6.92 Å². The lowest BCUT2D eigenvalue weighted by molar-refractivity contribution is 0.933.